The molecular formula is C11H20N2O4. The molecule has 2 amide bonds. The Morgan fingerprint density at radius 3 is 1.76 bits per heavy atom. The Morgan fingerprint density at radius 2 is 1.53 bits per heavy atom. The van der Waals surface area contributed by atoms with Crippen LogP contribution < -0.4 is 11.1 Å². The van der Waals surface area contributed by atoms with Gasteiger partial charge in [0.25, 0.3) is 0 Å². The summed E-state index contributed by atoms with van der Waals surface area (Å²) >= 11 is 0. The summed E-state index contributed by atoms with van der Waals surface area (Å²) in [5, 5.41) is 11.4. The molecule has 0 saturated heterocycles. The summed E-state index contributed by atoms with van der Waals surface area (Å²) in [7, 11) is 0. The molecule has 0 bridgehead atoms. The van der Waals surface area contributed by atoms with Gasteiger partial charge in [-0.15, -0.1) is 0 Å². The maximum absolute atomic E-state index is 11.9. The van der Waals surface area contributed by atoms with Crippen LogP contribution in [0.25, 0.3) is 0 Å². The molecule has 0 radical (unpaired) electrons. The molecule has 0 aliphatic heterocycles. The lowest BCUT2D eigenvalue weighted by Gasteiger charge is -2.30. The summed E-state index contributed by atoms with van der Waals surface area (Å²) in [5.74, 6) is -3.89. The van der Waals surface area contributed by atoms with Crippen LogP contribution in [-0.4, -0.2) is 28.4 Å². The molecule has 0 saturated carbocycles. The fourth-order valence-corrected chi connectivity index (χ4v) is 1.32. The number of hydrogen-bond donors (Lipinski definition) is 3. The Morgan fingerprint density at radius 1 is 1.12 bits per heavy atom. The van der Waals surface area contributed by atoms with Crippen molar-refractivity contribution in [2.24, 2.45) is 17.1 Å². The molecule has 0 fully saturated rings. The summed E-state index contributed by atoms with van der Waals surface area (Å²) in [5.41, 5.74) is 3.09. The third-order valence-corrected chi connectivity index (χ3v) is 2.43. The van der Waals surface area contributed by atoms with E-state index in [1.807, 2.05) is 0 Å². The second kappa shape index (κ2) is 4.73. The topological polar surface area (TPSA) is 109 Å². The molecule has 0 aromatic heterocycles. The summed E-state index contributed by atoms with van der Waals surface area (Å²) in [6, 6.07) is 0. The highest BCUT2D eigenvalue weighted by Gasteiger charge is 2.40. The molecule has 0 spiro atoms. The second-order valence-electron chi connectivity index (χ2n) is 5.62. The van der Waals surface area contributed by atoms with Crippen molar-refractivity contribution in [1.82, 2.24) is 5.32 Å². The van der Waals surface area contributed by atoms with Gasteiger partial charge in [-0.2, -0.15) is 0 Å². The average molecular weight is 244 g/mol. The smallest absolute Gasteiger partial charge is 0.316 e. The molecule has 0 aliphatic carbocycles. The highest BCUT2D eigenvalue weighted by Crippen LogP contribution is 2.26. The van der Waals surface area contributed by atoms with Crippen molar-refractivity contribution in [1.29, 1.82) is 0 Å². The number of carboxylic acids is 1. The maximum Gasteiger partial charge on any atom is 0.316 e. The lowest BCUT2D eigenvalue weighted by atomic mass is 9.79. The number of hydrogen-bond acceptors (Lipinski definition) is 3. The van der Waals surface area contributed by atoms with Crippen molar-refractivity contribution < 1.29 is 19.5 Å². The molecule has 98 valence electrons. The van der Waals surface area contributed by atoms with Crippen molar-refractivity contribution in [2.75, 3.05) is 0 Å². The molecule has 6 nitrogen and oxygen atoms in total. The Hall–Kier alpha value is -1.59. The Bertz CT molecular complexity index is 342. The standard InChI is InChI=1S/C11H20N2O4/c1-10(2,3)6(8(15)16)7(14)13-11(4,5)9(12)17/h6H,1-5H3,(H2,12,17)(H,13,14)(H,15,16). The Labute approximate surface area is 101 Å². The first-order valence-electron chi connectivity index (χ1n) is 5.24. The van der Waals surface area contributed by atoms with E-state index < -0.39 is 34.7 Å². The quantitative estimate of drug-likeness (QED) is 0.610. The van der Waals surface area contributed by atoms with E-state index in [1.165, 1.54) is 13.8 Å². The zero-order chi connectivity index (χ0) is 14.0. The largest absolute Gasteiger partial charge is 0.481 e. The zero-order valence-corrected chi connectivity index (χ0v) is 10.8. The maximum atomic E-state index is 11.9. The highest BCUT2D eigenvalue weighted by atomic mass is 16.4. The first kappa shape index (κ1) is 15.4. The van der Waals surface area contributed by atoms with Gasteiger partial charge in [-0.3, -0.25) is 14.4 Å². The number of primary amides is 1. The van der Waals surface area contributed by atoms with Gasteiger partial charge in [-0.25, -0.2) is 0 Å². The van der Waals surface area contributed by atoms with Crippen LogP contribution in [0.3, 0.4) is 0 Å². The van der Waals surface area contributed by atoms with Crippen LogP contribution in [0.1, 0.15) is 34.6 Å². The number of carbonyl (C=O) groups excluding carboxylic acids is 2. The second-order valence-corrected chi connectivity index (χ2v) is 5.62. The first-order chi connectivity index (χ1) is 7.39. The summed E-state index contributed by atoms with van der Waals surface area (Å²) in [6.07, 6.45) is 0. The Kier molecular flexibility index (Phi) is 4.29. The van der Waals surface area contributed by atoms with Gasteiger partial charge in [0.1, 0.15) is 11.5 Å². The minimum absolute atomic E-state index is 0.714. The molecule has 0 aromatic carbocycles. The molecule has 0 aliphatic rings. The molecule has 4 N–H and O–H groups in total. The molecule has 0 heterocycles. The first-order valence-corrected chi connectivity index (χ1v) is 5.24. The van der Waals surface area contributed by atoms with Crippen molar-refractivity contribution in [2.45, 2.75) is 40.2 Å². The zero-order valence-electron chi connectivity index (χ0n) is 10.8. The van der Waals surface area contributed by atoms with Crippen LogP contribution in [0.15, 0.2) is 0 Å². The molecule has 0 aromatic rings. The van der Waals surface area contributed by atoms with E-state index in [-0.39, 0.29) is 0 Å². The Balaban J connectivity index is 5.03. The van der Waals surface area contributed by atoms with E-state index in [0.29, 0.717) is 0 Å². The van der Waals surface area contributed by atoms with Crippen LogP contribution >= 0.6 is 0 Å². The minimum Gasteiger partial charge on any atom is -0.481 e. The molecular weight excluding hydrogens is 224 g/mol. The van der Waals surface area contributed by atoms with Crippen LogP contribution in [0.5, 0.6) is 0 Å². The van der Waals surface area contributed by atoms with E-state index in [2.05, 4.69) is 5.32 Å². The number of rotatable bonds is 4. The number of nitrogens with two attached hydrogens (primary N) is 1. The van der Waals surface area contributed by atoms with E-state index in [4.69, 9.17) is 10.8 Å². The molecule has 1 unspecified atom stereocenters. The van der Waals surface area contributed by atoms with Gasteiger partial charge in [0.15, 0.2) is 0 Å². The number of aliphatic carboxylic acids is 1. The van der Waals surface area contributed by atoms with Gasteiger partial charge in [-0.1, -0.05) is 20.8 Å². The predicted octanol–water partition coefficient (Wildman–Crippen LogP) is 0.113. The van der Waals surface area contributed by atoms with Gasteiger partial charge in [0, 0.05) is 0 Å². The van der Waals surface area contributed by atoms with Gasteiger partial charge < -0.3 is 16.2 Å². The minimum atomic E-state index is -1.27. The van der Waals surface area contributed by atoms with Crippen molar-refractivity contribution in [3.8, 4) is 0 Å². The van der Waals surface area contributed by atoms with Crippen molar-refractivity contribution >= 4 is 17.8 Å². The van der Waals surface area contributed by atoms with Crippen LogP contribution in [0.2, 0.25) is 0 Å². The van der Waals surface area contributed by atoms with E-state index >= 15 is 0 Å². The summed E-state index contributed by atoms with van der Waals surface area (Å²) in [4.78, 5) is 34.0. The predicted molar refractivity (Wildman–Crippen MR) is 62.0 cm³/mol. The molecule has 0 rings (SSSR count). The molecule has 6 heteroatoms. The molecule has 17 heavy (non-hydrogen) atoms. The SMILES string of the molecule is CC(C)(NC(=O)C(C(=O)O)C(C)(C)C)C(N)=O. The van der Waals surface area contributed by atoms with Crippen molar-refractivity contribution in [3.05, 3.63) is 0 Å². The summed E-state index contributed by atoms with van der Waals surface area (Å²) < 4.78 is 0. The number of carboxylic acid groups (broad SMARTS) is 1. The third kappa shape index (κ3) is 4.05. The van der Waals surface area contributed by atoms with E-state index in [9.17, 15) is 14.4 Å². The van der Waals surface area contributed by atoms with E-state index in [1.54, 1.807) is 20.8 Å². The normalized spacial score (nSPS) is 13.9. The van der Waals surface area contributed by atoms with Crippen LogP contribution in [-0.2, 0) is 14.4 Å². The number of carbonyl (C=O) groups is 3. The fourth-order valence-electron chi connectivity index (χ4n) is 1.32. The number of nitrogens with one attached hydrogen (secondary N) is 1. The lowest BCUT2D eigenvalue weighted by molar-refractivity contribution is -0.153. The fraction of sp³-hybridized carbons (Fsp3) is 0.727. The van der Waals surface area contributed by atoms with E-state index in [0.717, 1.165) is 0 Å². The third-order valence-electron chi connectivity index (χ3n) is 2.43. The van der Waals surface area contributed by atoms with Crippen molar-refractivity contribution in [3.63, 3.8) is 0 Å². The summed E-state index contributed by atoms with van der Waals surface area (Å²) in [6.45, 7) is 7.78. The van der Waals surface area contributed by atoms with Gasteiger partial charge in [0.05, 0.1) is 0 Å². The van der Waals surface area contributed by atoms with Gasteiger partial charge in [0.2, 0.25) is 11.8 Å². The number of amides is 2. The highest BCUT2D eigenvalue weighted by molar-refractivity contribution is 6.00. The van der Waals surface area contributed by atoms with Crippen LogP contribution in [0.4, 0.5) is 0 Å². The monoisotopic (exact) mass is 244 g/mol. The van der Waals surface area contributed by atoms with Crippen LogP contribution in [0, 0.1) is 11.3 Å². The molecule has 1 atom stereocenters. The van der Waals surface area contributed by atoms with Gasteiger partial charge >= 0.3 is 5.97 Å². The van der Waals surface area contributed by atoms with Gasteiger partial charge in [-0.05, 0) is 19.3 Å². The average Bonchev–Trinajstić information content (AvgIpc) is 1.97. The lowest BCUT2D eigenvalue weighted by Crippen LogP contribution is -2.56.